The van der Waals surface area contributed by atoms with Crippen molar-refractivity contribution in [2.75, 3.05) is 5.32 Å². The highest BCUT2D eigenvalue weighted by Crippen LogP contribution is 2.35. The number of aromatic nitrogens is 1. The Hall–Kier alpha value is -3.65. The van der Waals surface area contributed by atoms with E-state index in [2.05, 4.69) is 10.3 Å². The summed E-state index contributed by atoms with van der Waals surface area (Å²) in [6.07, 6.45) is 1.92. The van der Waals surface area contributed by atoms with E-state index in [1.165, 1.54) is 17.4 Å². The molecule has 0 aliphatic heterocycles. The molecule has 0 spiro atoms. The van der Waals surface area contributed by atoms with Gasteiger partial charge >= 0.3 is 5.97 Å². The highest BCUT2D eigenvalue weighted by atomic mass is 32.1. The minimum Gasteiger partial charge on any atom is -0.481 e. The normalized spacial score (nSPS) is 17.7. The number of halogens is 2. The number of rotatable bonds is 6. The molecule has 1 fully saturated rings. The lowest BCUT2D eigenvalue weighted by Gasteiger charge is -2.14. The van der Waals surface area contributed by atoms with Crippen LogP contribution in [-0.4, -0.2) is 21.8 Å². The number of carbonyl (C=O) groups is 2. The van der Waals surface area contributed by atoms with Gasteiger partial charge in [-0.2, -0.15) is 0 Å². The summed E-state index contributed by atoms with van der Waals surface area (Å²) in [5.74, 6) is -3.39. The summed E-state index contributed by atoms with van der Waals surface area (Å²) < 4.78 is 27.7. The number of fused-ring (bicyclic) bond motifs is 1. The van der Waals surface area contributed by atoms with Gasteiger partial charge in [0.25, 0.3) is 0 Å². The quantitative estimate of drug-likeness (QED) is 0.303. The molecule has 5 rings (SSSR count). The Morgan fingerprint density at radius 2 is 1.59 bits per heavy atom. The Kier molecular flexibility index (Phi) is 5.83. The van der Waals surface area contributed by atoms with Crippen LogP contribution < -0.4 is 5.32 Å². The van der Waals surface area contributed by atoms with E-state index in [9.17, 15) is 23.5 Å². The summed E-state index contributed by atoms with van der Waals surface area (Å²) in [5.41, 5.74) is 3.26. The van der Waals surface area contributed by atoms with Gasteiger partial charge in [0.15, 0.2) is 16.7 Å². The monoisotopic (exact) mass is 478 g/mol. The van der Waals surface area contributed by atoms with E-state index in [4.69, 9.17) is 0 Å². The number of nitrogens with zero attached hydrogens (tertiary/aromatic N) is 1. The largest absolute Gasteiger partial charge is 0.481 e. The van der Waals surface area contributed by atoms with Crippen LogP contribution >= 0.6 is 11.3 Å². The van der Waals surface area contributed by atoms with Gasteiger partial charge < -0.3 is 10.4 Å². The number of hydrogen-bond donors (Lipinski definition) is 2. The molecule has 0 saturated heterocycles. The van der Waals surface area contributed by atoms with Gasteiger partial charge in [-0.15, -0.1) is 0 Å². The van der Waals surface area contributed by atoms with Gasteiger partial charge in [0.05, 0.1) is 10.6 Å². The number of benzene rings is 3. The zero-order valence-corrected chi connectivity index (χ0v) is 18.7. The number of carboxylic acid groups (broad SMARTS) is 1. The lowest BCUT2D eigenvalue weighted by molar-refractivity contribution is -0.142. The summed E-state index contributed by atoms with van der Waals surface area (Å²) >= 11 is 1.17. The fourth-order valence-corrected chi connectivity index (χ4v) is 5.42. The van der Waals surface area contributed by atoms with E-state index in [-0.39, 0.29) is 11.3 Å². The predicted octanol–water partition coefficient (Wildman–Crippen LogP) is 6.67. The van der Waals surface area contributed by atoms with E-state index >= 15 is 0 Å². The summed E-state index contributed by atoms with van der Waals surface area (Å²) in [7, 11) is 0. The van der Waals surface area contributed by atoms with Crippen LogP contribution in [0.4, 0.5) is 19.6 Å². The number of carbonyl (C=O) groups excluding carboxylic acids is 1. The predicted molar refractivity (Wildman–Crippen MR) is 127 cm³/mol. The molecule has 1 heterocycles. The Morgan fingerprint density at radius 3 is 2.26 bits per heavy atom. The number of ketones is 1. The third-order valence-corrected chi connectivity index (χ3v) is 7.14. The van der Waals surface area contributed by atoms with Crippen molar-refractivity contribution in [3.63, 3.8) is 0 Å². The van der Waals surface area contributed by atoms with E-state index in [1.807, 2.05) is 36.4 Å². The molecule has 1 saturated carbocycles. The minimum atomic E-state index is -0.899. The van der Waals surface area contributed by atoms with Crippen molar-refractivity contribution < 1.29 is 23.5 Å². The first kappa shape index (κ1) is 22.2. The molecule has 1 aliphatic carbocycles. The van der Waals surface area contributed by atoms with Crippen LogP contribution in [0.2, 0.25) is 0 Å². The molecule has 2 atom stereocenters. The Balaban J connectivity index is 1.29. The molecule has 1 aliphatic rings. The van der Waals surface area contributed by atoms with Crippen LogP contribution in [0, 0.1) is 23.5 Å². The van der Waals surface area contributed by atoms with Gasteiger partial charge in [-0.25, -0.2) is 13.8 Å². The second-order valence-corrected chi connectivity index (χ2v) is 9.41. The fourth-order valence-electron chi connectivity index (χ4n) is 4.49. The zero-order valence-electron chi connectivity index (χ0n) is 17.9. The van der Waals surface area contributed by atoms with Crippen molar-refractivity contribution in [3.05, 3.63) is 77.9 Å². The molecule has 2 unspecified atom stereocenters. The average molecular weight is 479 g/mol. The number of hydrogen-bond acceptors (Lipinski definition) is 5. The van der Waals surface area contributed by atoms with E-state index in [0.717, 1.165) is 29.3 Å². The summed E-state index contributed by atoms with van der Waals surface area (Å²) in [4.78, 5) is 28.4. The Morgan fingerprint density at radius 1 is 0.941 bits per heavy atom. The smallest absolute Gasteiger partial charge is 0.307 e. The average Bonchev–Trinajstić information content (AvgIpc) is 3.47. The lowest BCUT2D eigenvalue weighted by Crippen LogP contribution is -2.25. The second-order valence-electron chi connectivity index (χ2n) is 8.38. The van der Waals surface area contributed by atoms with E-state index in [0.29, 0.717) is 28.2 Å². The number of carboxylic acids is 1. The Labute approximate surface area is 198 Å². The van der Waals surface area contributed by atoms with Gasteiger partial charge in [0.2, 0.25) is 0 Å². The van der Waals surface area contributed by atoms with Crippen molar-refractivity contribution in [1.29, 1.82) is 0 Å². The molecule has 2 N–H and O–H groups in total. The van der Waals surface area contributed by atoms with Crippen molar-refractivity contribution in [1.82, 2.24) is 4.98 Å². The molecule has 1 aromatic heterocycles. The van der Waals surface area contributed by atoms with E-state index < -0.39 is 29.4 Å². The van der Waals surface area contributed by atoms with Gasteiger partial charge in [0, 0.05) is 23.2 Å². The van der Waals surface area contributed by atoms with Gasteiger partial charge in [-0.1, -0.05) is 54.2 Å². The first-order valence-corrected chi connectivity index (χ1v) is 11.7. The number of nitrogens with one attached hydrogen (secondary N) is 1. The SMILES string of the molecule is O=C(O)C1CCCC1C(=O)c1ccc(-c2ccc(Nc3nc4c(F)cc(F)cc4s3)cc2)cc1. The molecule has 172 valence electrons. The number of anilines is 2. The zero-order chi connectivity index (χ0) is 23.8. The van der Waals surface area contributed by atoms with Gasteiger partial charge in [-0.3, -0.25) is 9.59 Å². The molecular formula is C26H20F2N2O3S. The fraction of sp³-hybridized carbons (Fsp3) is 0.192. The number of Topliss-reactive ketones (excluding diaryl/α,β-unsaturated/α-hetero) is 1. The summed E-state index contributed by atoms with van der Waals surface area (Å²) in [5, 5.41) is 12.9. The molecule has 3 aromatic carbocycles. The van der Waals surface area contributed by atoms with Gasteiger partial charge in [0.1, 0.15) is 11.3 Å². The maximum atomic E-state index is 13.9. The van der Waals surface area contributed by atoms with Gasteiger partial charge in [-0.05, 0) is 42.2 Å². The standard InChI is InChI=1S/C26H20F2N2O3S/c27-17-12-21(28)23-22(13-17)34-26(30-23)29-18-10-8-15(9-11-18)14-4-6-16(7-5-14)24(31)19-2-1-3-20(19)25(32)33/h4-13,19-20H,1-3H2,(H,29,30)(H,32,33). The molecule has 5 nitrogen and oxygen atoms in total. The van der Waals surface area contributed by atoms with Crippen molar-refractivity contribution >= 4 is 44.1 Å². The third kappa shape index (κ3) is 4.28. The first-order chi connectivity index (χ1) is 16.4. The van der Waals surface area contributed by atoms with Crippen LogP contribution in [0.3, 0.4) is 0 Å². The van der Waals surface area contributed by atoms with Crippen LogP contribution in [-0.2, 0) is 4.79 Å². The maximum Gasteiger partial charge on any atom is 0.307 e. The Bertz CT molecular complexity index is 1380. The molecule has 0 amide bonds. The molecule has 0 radical (unpaired) electrons. The second kappa shape index (κ2) is 8.95. The van der Waals surface area contributed by atoms with Crippen molar-refractivity contribution in [2.45, 2.75) is 19.3 Å². The van der Waals surface area contributed by atoms with Crippen LogP contribution in [0.5, 0.6) is 0 Å². The molecular weight excluding hydrogens is 458 g/mol. The molecule has 4 aromatic rings. The molecule has 34 heavy (non-hydrogen) atoms. The van der Waals surface area contributed by atoms with Crippen LogP contribution in [0.15, 0.2) is 60.7 Å². The summed E-state index contributed by atoms with van der Waals surface area (Å²) in [6.45, 7) is 0. The third-order valence-electron chi connectivity index (χ3n) is 6.22. The van der Waals surface area contributed by atoms with Crippen LogP contribution in [0.1, 0.15) is 29.6 Å². The number of aliphatic carboxylic acids is 1. The molecule has 8 heteroatoms. The minimum absolute atomic E-state index is 0.108. The lowest BCUT2D eigenvalue weighted by atomic mass is 9.88. The highest BCUT2D eigenvalue weighted by Gasteiger charge is 2.37. The van der Waals surface area contributed by atoms with Crippen LogP contribution in [0.25, 0.3) is 21.3 Å². The first-order valence-electron chi connectivity index (χ1n) is 10.9. The maximum absolute atomic E-state index is 13.9. The number of thiazole rings is 1. The van der Waals surface area contributed by atoms with E-state index in [1.54, 1.807) is 12.1 Å². The van der Waals surface area contributed by atoms with Crippen molar-refractivity contribution in [2.24, 2.45) is 11.8 Å². The topological polar surface area (TPSA) is 79.3 Å². The van der Waals surface area contributed by atoms with Crippen molar-refractivity contribution in [3.8, 4) is 11.1 Å². The summed E-state index contributed by atoms with van der Waals surface area (Å²) in [6, 6.07) is 16.8. The highest BCUT2D eigenvalue weighted by molar-refractivity contribution is 7.22. The molecule has 0 bridgehead atoms.